The third-order valence-corrected chi connectivity index (χ3v) is 3.89. The standard InChI is InChI=1S/C19H26Cl2N6O3/c1-11(2)23-17-25-18(24-12(3)4)27-19(26-17)29-8-7-22-16(28)10-30-15-6-5-13(20)9-14(15)21/h5-6,9,11-12H,7-8,10H2,1-4H3,(H,22,28)(H2,23,24,25,26,27). The molecule has 0 saturated carbocycles. The predicted molar refractivity (Wildman–Crippen MR) is 118 cm³/mol. The number of anilines is 2. The summed E-state index contributed by atoms with van der Waals surface area (Å²) in [5, 5.41) is 9.76. The van der Waals surface area contributed by atoms with Gasteiger partial charge in [0.1, 0.15) is 12.4 Å². The summed E-state index contributed by atoms with van der Waals surface area (Å²) in [6.07, 6.45) is 0. The molecule has 30 heavy (non-hydrogen) atoms. The molecule has 11 heteroatoms. The highest BCUT2D eigenvalue weighted by Gasteiger charge is 2.10. The molecule has 2 aromatic rings. The molecule has 1 aromatic heterocycles. The second-order valence-electron chi connectivity index (χ2n) is 6.93. The van der Waals surface area contributed by atoms with Gasteiger partial charge in [-0.25, -0.2) is 0 Å². The molecule has 0 fully saturated rings. The van der Waals surface area contributed by atoms with E-state index < -0.39 is 0 Å². The molecule has 0 saturated heterocycles. The highest BCUT2D eigenvalue weighted by molar-refractivity contribution is 6.35. The summed E-state index contributed by atoms with van der Waals surface area (Å²) in [4.78, 5) is 24.7. The first kappa shape index (κ1) is 23.8. The van der Waals surface area contributed by atoms with Crippen LogP contribution >= 0.6 is 23.2 Å². The lowest BCUT2D eigenvalue weighted by Crippen LogP contribution is -2.32. The molecular formula is C19H26Cl2N6O3. The van der Waals surface area contributed by atoms with Gasteiger partial charge in [0.15, 0.2) is 6.61 Å². The van der Waals surface area contributed by atoms with E-state index >= 15 is 0 Å². The number of aromatic nitrogens is 3. The number of carbonyl (C=O) groups is 1. The summed E-state index contributed by atoms with van der Waals surface area (Å²) in [5.74, 6) is 0.892. The van der Waals surface area contributed by atoms with Crippen LogP contribution in [0.15, 0.2) is 18.2 Å². The zero-order valence-electron chi connectivity index (χ0n) is 17.3. The monoisotopic (exact) mass is 456 g/mol. The molecular weight excluding hydrogens is 431 g/mol. The summed E-state index contributed by atoms with van der Waals surface area (Å²) in [7, 11) is 0. The van der Waals surface area contributed by atoms with E-state index in [0.717, 1.165) is 0 Å². The number of carbonyl (C=O) groups excluding carboxylic acids is 1. The van der Waals surface area contributed by atoms with E-state index in [0.29, 0.717) is 27.7 Å². The molecule has 1 heterocycles. The SMILES string of the molecule is CC(C)Nc1nc(NC(C)C)nc(OCCNC(=O)COc2ccc(Cl)cc2Cl)n1. The van der Waals surface area contributed by atoms with E-state index in [1.165, 1.54) is 0 Å². The average molecular weight is 457 g/mol. The van der Waals surface area contributed by atoms with Crippen LogP contribution in [-0.2, 0) is 4.79 Å². The van der Waals surface area contributed by atoms with Crippen molar-refractivity contribution in [3.05, 3.63) is 28.2 Å². The van der Waals surface area contributed by atoms with E-state index in [-0.39, 0.29) is 43.8 Å². The Balaban J connectivity index is 1.81. The van der Waals surface area contributed by atoms with E-state index in [1.54, 1.807) is 18.2 Å². The Labute approximate surface area is 185 Å². The van der Waals surface area contributed by atoms with Crippen LogP contribution in [-0.4, -0.2) is 52.7 Å². The highest BCUT2D eigenvalue weighted by atomic mass is 35.5. The normalized spacial score (nSPS) is 10.8. The van der Waals surface area contributed by atoms with E-state index in [9.17, 15) is 4.79 Å². The smallest absolute Gasteiger partial charge is 0.323 e. The zero-order chi connectivity index (χ0) is 22.1. The summed E-state index contributed by atoms with van der Waals surface area (Å²) >= 11 is 11.8. The van der Waals surface area contributed by atoms with Crippen molar-refractivity contribution in [1.29, 1.82) is 0 Å². The maximum atomic E-state index is 11.9. The lowest BCUT2D eigenvalue weighted by molar-refractivity contribution is -0.123. The van der Waals surface area contributed by atoms with E-state index in [4.69, 9.17) is 32.7 Å². The van der Waals surface area contributed by atoms with Crippen molar-refractivity contribution in [2.75, 3.05) is 30.4 Å². The quantitative estimate of drug-likeness (QED) is 0.441. The van der Waals surface area contributed by atoms with Gasteiger partial charge in [0, 0.05) is 17.1 Å². The Bertz CT molecular complexity index is 823. The molecule has 2 rings (SSSR count). The number of hydrogen-bond acceptors (Lipinski definition) is 8. The first-order valence-corrected chi connectivity index (χ1v) is 10.2. The number of benzene rings is 1. The van der Waals surface area contributed by atoms with Crippen LogP contribution < -0.4 is 25.4 Å². The molecule has 0 aliphatic heterocycles. The number of nitrogens with one attached hydrogen (secondary N) is 3. The molecule has 0 spiro atoms. The average Bonchev–Trinajstić information content (AvgIpc) is 2.63. The van der Waals surface area contributed by atoms with Crippen molar-refractivity contribution in [3.63, 3.8) is 0 Å². The lowest BCUT2D eigenvalue weighted by atomic mass is 10.3. The lowest BCUT2D eigenvalue weighted by Gasteiger charge is -2.14. The van der Waals surface area contributed by atoms with E-state index in [1.807, 2.05) is 27.7 Å². The molecule has 3 N–H and O–H groups in total. The number of ether oxygens (including phenoxy) is 2. The van der Waals surface area contributed by atoms with Crippen molar-refractivity contribution in [2.24, 2.45) is 0 Å². The topological polar surface area (TPSA) is 110 Å². The van der Waals surface area contributed by atoms with Crippen molar-refractivity contribution in [3.8, 4) is 11.8 Å². The third kappa shape index (κ3) is 8.46. The minimum atomic E-state index is -0.315. The Morgan fingerprint density at radius 3 is 2.20 bits per heavy atom. The Morgan fingerprint density at radius 1 is 1.00 bits per heavy atom. The fourth-order valence-corrected chi connectivity index (χ4v) is 2.65. The highest BCUT2D eigenvalue weighted by Crippen LogP contribution is 2.27. The molecule has 0 atom stereocenters. The molecule has 0 radical (unpaired) electrons. The molecule has 0 aliphatic carbocycles. The van der Waals surface area contributed by atoms with Crippen LogP contribution in [0.5, 0.6) is 11.8 Å². The summed E-state index contributed by atoms with van der Waals surface area (Å²) in [5.41, 5.74) is 0. The maximum absolute atomic E-state index is 11.9. The van der Waals surface area contributed by atoms with Crippen LogP contribution in [0.4, 0.5) is 11.9 Å². The molecule has 9 nitrogen and oxygen atoms in total. The molecule has 0 aliphatic rings. The molecule has 1 aromatic carbocycles. The number of rotatable bonds is 11. The second kappa shape index (κ2) is 11.6. The minimum absolute atomic E-state index is 0.153. The minimum Gasteiger partial charge on any atom is -0.482 e. The van der Waals surface area contributed by atoms with Crippen LogP contribution in [0, 0.1) is 0 Å². The molecule has 1 amide bonds. The van der Waals surface area contributed by atoms with Crippen LogP contribution in [0.3, 0.4) is 0 Å². The van der Waals surface area contributed by atoms with Gasteiger partial charge in [0.05, 0.1) is 11.6 Å². The van der Waals surface area contributed by atoms with Crippen LogP contribution in [0.25, 0.3) is 0 Å². The number of amides is 1. The fraction of sp³-hybridized carbons (Fsp3) is 0.474. The fourth-order valence-electron chi connectivity index (χ4n) is 2.19. The first-order chi connectivity index (χ1) is 14.2. The van der Waals surface area contributed by atoms with Gasteiger partial charge in [-0.15, -0.1) is 0 Å². The van der Waals surface area contributed by atoms with Crippen molar-refractivity contribution in [2.45, 2.75) is 39.8 Å². The summed E-state index contributed by atoms with van der Waals surface area (Å²) in [6, 6.07) is 5.25. The summed E-state index contributed by atoms with van der Waals surface area (Å²) < 4.78 is 10.9. The predicted octanol–water partition coefficient (Wildman–Crippen LogP) is 3.39. The summed E-state index contributed by atoms with van der Waals surface area (Å²) in [6.45, 7) is 8.17. The van der Waals surface area contributed by atoms with Gasteiger partial charge in [0.25, 0.3) is 5.91 Å². The largest absolute Gasteiger partial charge is 0.482 e. The van der Waals surface area contributed by atoms with Gasteiger partial charge in [-0.2, -0.15) is 15.0 Å². The van der Waals surface area contributed by atoms with Gasteiger partial charge in [0.2, 0.25) is 11.9 Å². The second-order valence-corrected chi connectivity index (χ2v) is 7.77. The Morgan fingerprint density at radius 2 is 1.63 bits per heavy atom. The van der Waals surface area contributed by atoms with E-state index in [2.05, 4.69) is 30.9 Å². The number of hydrogen-bond donors (Lipinski definition) is 3. The van der Waals surface area contributed by atoms with Gasteiger partial charge in [-0.05, 0) is 45.9 Å². The van der Waals surface area contributed by atoms with Crippen molar-refractivity contribution < 1.29 is 14.3 Å². The molecule has 164 valence electrons. The maximum Gasteiger partial charge on any atom is 0.323 e. The number of halogens is 2. The Kier molecular flexibility index (Phi) is 9.19. The molecule has 0 bridgehead atoms. The zero-order valence-corrected chi connectivity index (χ0v) is 18.8. The van der Waals surface area contributed by atoms with Crippen molar-refractivity contribution >= 4 is 41.0 Å². The first-order valence-electron chi connectivity index (χ1n) is 9.49. The number of nitrogens with zero attached hydrogens (tertiary/aromatic N) is 3. The third-order valence-electron chi connectivity index (χ3n) is 3.36. The van der Waals surface area contributed by atoms with Gasteiger partial charge >= 0.3 is 6.01 Å². The molecule has 0 unspecified atom stereocenters. The van der Waals surface area contributed by atoms with Gasteiger partial charge < -0.3 is 25.4 Å². The van der Waals surface area contributed by atoms with Gasteiger partial charge in [-0.3, -0.25) is 4.79 Å². The van der Waals surface area contributed by atoms with Crippen LogP contribution in [0.1, 0.15) is 27.7 Å². The van der Waals surface area contributed by atoms with Crippen LogP contribution in [0.2, 0.25) is 10.0 Å². The Hall–Kier alpha value is -2.52. The van der Waals surface area contributed by atoms with Crippen molar-refractivity contribution in [1.82, 2.24) is 20.3 Å². The van der Waals surface area contributed by atoms with Gasteiger partial charge in [-0.1, -0.05) is 23.2 Å².